The zero-order valence-electron chi connectivity index (χ0n) is 14.6. The Kier molecular flexibility index (Phi) is 4.74. The van der Waals surface area contributed by atoms with Gasteiger partial charge >= 0.3 is 0 Å². The predicted molar refractivity (Wildman–Crippen MR) is 95.4 cm³/mol. The fourth-order valence-electron chi connectivity index (χ4n) is 3.07. The first kappa shape index (κ1) is 18.9. The van der Waals surface area contributed by atoms with Crippen molar-refractivity contribution >= 4 is 39.9 Å². The molecule has 0 fully saturated rings. The molecule has 11 nitrogen and oxygen atoms in total. The van der Waals surface area contributed by atoms with Crippen LogP contribution in [0, 0.1) is 20.2 Å². The van der Waals surface area contributed by atoms with E-state index in [1.165, 1.54) is 0 Å². The lowest BCUT2D eigenvalue weighted by atomic mass is 9.92. The third-order valence-corrected chi connectivity index (χ3v) is 4.37. The van der Waals surface area contributed by atoms with Crippen LogP contribution in [0.2, 0.25) is 0 Å². The summed E-state index contributed by atoms with van der Waals surface area (Å²) in [5.74, 6) is -2.36. The number of hydrogen-bond acceptors (Lipinski definition) is 7. The van der Waals surface area contributed by atoms with E-state index in [0.717, 1.165) is 30.7 Å². The fourth-order valence-corrected chi connectivity index (χ4v) is 3.07. The number of amides is 3. The lowest BCUT2D eigenvalue weighted by Crippen LogP contribution is -2.51. The third-order valence-electron chi connectivity index (χ3n) is 4.37. The SMILES string of the molecule is CCCCC(=O)NN1C(=O)c2ccc([N+](=O)[O-])c3c([N+](=O)[O-])ccc(c23)C1=O. The van der Waals surface area contributed by atoms with Crippen LogP contribution in [0.15, 0.2) is 24.3 Å². The quantitative estimate of drug-likeness (QED) is 0.454. The molecule has 144 valence electrons. The standard InChI is InChI=1S/C17H14N4O7/c1-2-3-4-13(22)18-19-16(23)9-5-7-11(20(25)26)15-12(21(27)28)8-6-10(14(9)15)17(19)24/h5-8H,2-4H2,1H3,(H,18,22). The Morgan fingerprint density at radius 1 is 0.964 bits per heavy atom. The van der Waals surface area contributed by atoms with E-state index < -0.39 is 44.3 Å². The number of carbonyl (C=O) groups excluding carboxylic acids is 3. The van der Waals surface area contributed by atoms with Gasteiger partial charge in [0, 0.05) is 23.9 Å². The highest BCUT2D eigenvalue weighted by Gasteiger charge is 2.38. The van der Waals surface area contributed by atoms with Crippen LogP contribution in [-0.2, 0) is 4.79 Å². The van der Waals surface area contributed by atoms with Crippen molar-refractivity contribution < 1.29 is 24.2 Å². The number of hydrazine groups is 1. The summed E-state index contributed by atoms with van der Waals surface area (Å²) in [6.07, 6.45) is 1.41. The maximum atomic E-state index is 12.7. The van der Waals surface area contributed by atoms with Crippen LogP contribution in [0.5, 0.6) is 0 Å². The molecular weight excluding hydrogens is 372 g/mol. The van der Waals surface area contributed by atoms with Gasteiger partial charge in [-0.1, -0.05) is 13.3 Å². The predicted octanol–water partition coefficient (Wildman–Crippen LogP) is 2.47. The summed E-state index contributed by atoms with van der Waals surface area (Å²) in [5.41, 5.74) is 0.773. The van der Waals surface area contributed by atoms with Crippen molar-refractivity contribution in [2.75, 3.05) is 0 Å². The van der Waals surface area contributed by atoms with Crippen LogP contribution >= 0.6 is 0 Å². The van der Waals surface area contributed by atoms with E-state index in [4.69, 9.17) is 0 Å². The number of unbranched alkanes of at least 4 members (excludes halogenated alkanes) is 1. The van der Waals surface area contributed by atoms with Crippen LogP contribution in [0.1, 0.15) is 46.9 Å². The van der Waals surface area contributed by atoms with E-state index in [2.05, 4.69) is 5.43 Å². The maximum absolute atomic E-state index is 12.7. The van der Waals surface area contributed by atoms with Crippen molar-refractivity contribution in [2.24, 2.45) is 0 Å². The molecule has 1 heterocycles. The van der Waals surface area contributed by atoms with Gasteiger partial charge in [0.25, 0.3) is 23.2 Å². The van der Waals surface area contributed by atoms with Crippen molar-refractivity contribution in [1.29, 1.82) is 0 Å². The summed E-state index contributed by atoms with van der Waals surface area (Å²) in [7, 11) is 0. The van der Waals surface area contributed by atoms with Gasteiger partial charge in [-0.05, 0) is 18.6 Å². The first-order valence-corrected chi connectivity index (χ1v) is 8.34. The molecule has 28 heavy (non-hydrogen) atoms. The average molecular weight is 386 g/mol. The van der Waals surface area contributed by atoms with E-state index in [1.54, 1.807) is 0 Å². The minimum Gasteiger partial charge on any atom is -0.273 e. The maximum Gasteiger partial charge on any atom is 0.284 e. The minimum absolute atomic E-state index is 0.107. The molecule has 1 N–H and O–H groups in total. The normalized spacial score (nSPS) is 13.0. The Labute approximate surface area is 157 Å². The van der Waals surface area contributed by atoms with Gasteiger partial charge in [-0.2, -0.15) is 5.01 Å². The molecular formula is C17H14N4O7. The van der Waals surface area contributed by atoms with E-state index in [0.29, 0.717) is 11.4 Å². The Balaban J connectivity index is 2.20. The van der Waals surface area contributed by atoms with Crippen molar-refractivity contribution in [3.63, 3.8) is 0 Å². The highest BCUT2D eigenvalue weighted by Crippen LogP contribution is 2.40. The van der Waals surface area contributed by atoms with Crippen molar-refractivity contribution in [3.8, 4) is 0 Å². The zero-order chi connectivity index (χ0) is 20.6. The number of hydrogen-bond donors (Lipinski definition) is 1. The van der Waals surface area contributed by atoms with Crippen LogP contribution in [-0.4, -0.2) is 32.6 Å². The Morgan fingerprint density at radius 2 is 1.46 bits per heavy atom. The number of nitrogens with zero attached hydrogens (tertiary/aromatic N) is 3. The molecule has 1 aliphatic heterocycles. The van der Waals surface area contributed by atoms with E-state index >= 15 is 0 Å². The molecule has 0 aliphatic carbocycles. The van der Waals surface area contributed by atoms with E-state index in [-0.39, 0.29) is 22.9 Å². The van der Waals surface area contributed by atoms with Gasteiger partial charge in [-0.25, -0.2) is 0 Å². The Hall–Kier alpha value is -3.89. The third kappa shape index (κ3) is 2.92. The monoisotopic (exact) mass is 386 g/mol. The number of rotatable bonds is 6. The van der Waals surface area contributed by atoms with Gasteiger partial charge in [0.1, 0.15) is 5.39 Å². The molecule has 2 aromatic rings. The molecule has 3 amide bonds. The molecule has 0 spiro atoms. The number of nitro groups is 2. The van der Waals surface area contributed by atoms with Gasteiger partial charge in [0.05, 0.1) is 21.0 Å². The van der Waals surface area contributed by atoms with E-state index in [9.17, 15) is 34.6 Å². The first-order valence-electron chi connectivity index (χ1n) is 8.34. The first-order chi connectivity index (χ1) is 13.3. The average Bonchev–Trinajstić information content (AvgIpc) is 2.66. The molecule has 0 unspecified atom stereocenters. The Morgan fingerprint density at radius 3 is 1.89 bits per heavy atom. The molecule has 3 rings (SSSR count). The lowest BCUT2D eigenvalue weighted by molar-refractivity contribution is -0.390. The summed E-state index contributed by atoms with van der Waals surface area (Å²) >= 11 is 0. The van der Waals surface area contributed by atoms with Gasteiger partial charge in [-0.15, -0.1) is 0 Å². The molecule has 0 saturated carbocycles. The summed E-state index contributed by atoms with van der Waals surface area (Å²) in [6, 6.07) is 4.18. The fraction of sp³-hybridized carbons (Fsp3) is 0.235. The topological polar surface area (TPSA) is 153 Å². The largest absolute Gasteiger partial charge is 0.284 e. The summed E-state index contributed by atoms with van der Waals surface area (Å²) in [4.78, 5) is 58.5. The van der Waals surface area contributed by atoms with Crippen molar-refractivity contribution in [1.82, 2.24) is 10.4 Å². The molecule has 0 aromatic heterocycles. The summed E-state index contributed by atoms with van der Waals surface area (Å²) < 4.78 is 0. The lowest BCUT2D eigenvalue weighted by Gasteiger charge is -2.27. The second kappa shape index (κ2) is 7.02. The highest BCUT2D eigenvalue weighted by molar-refractivity contribution is 6.27. The van der Waals surface area contributed by atoms with Crippen LogP contribution in [0.4, 0.5) is 11.4 Å². The number of non-ortho nitro benzene ring substituents is 2. The summed E-state index contributed by atoms with van der Waals surface area (Å²) in [5, 5.41) is 22.6. The molecule has 1 aliphatic rings. The van der Waals surface area contributed by atoms with Gasteiger partial charge in [-0.3, -0.25) is 40.0 Å². The highest BCUT2D eigenvalue weighted by atomic mass is 16.6. The molecule has 2 aromatic carbocycles. The van der Waals surface area contributed by atoms with Crippen LogP contribution in [0.3, 0.4) is 0 Å². The smallest absolute Gasteiger partial charge is 0.273 e. The summed E-state index contributed by atoms with van der Waals surface area (Å²) in [6.45, 7) is 1.88. The zero-order valence-corrected chi connectivity index (χ0v) is 14.6. The number of nitro benzene ring substituents is 2. The second-order valence-corrected chi connectivity index (χ2v) is 6.11. The second-order valence-electron chi connectivity index (χ2n) is 6.11. The number of carbonyl (C=O) groups is 3. The molecule has 0 radical (unpaired) electrons. The van der Waals surface area contributed by atoms with Gasteiger partial charge in [0.2, 0.25) is 5.91 Å². The molecule has 0 bridgehead atoms. The molecule has 0 saturated heterocycles. The van der Waals surface area contributed by atoms with Crippen molar-refractivity contribution in [3.05, 3.63) is 55.6 Å². The van der Waals surface area contributed by atoms with Crippen LogP contribution in [0.25, 0.3) is 10.8 Å². The van der Waals surface area contributed by atoms with Crippen LogP contribution < -0.4 is 5.43 Å². The van der Waals surface area contributed by atoms with E-state index in [1.807, 2.05) is 6.92 Å². The van der Waals surface area contributed by atoms with Gasteiger partial charge < -0.3 is 0 Å². The number of benzene rings is 2. The molecule has 11 heteroatoms. The molecule has 0 atom stereocenters. The van der Waals surface area contributed by atoms with Gasteiger partial charge in [0.15, 0.2) is 0 Å². The number of imide groups is 1. The minimum atomic E-state index is -0.914. The van der Waals surface area contributed by atoms with Crippen molar-refractivity contribution in [2.45, 2.75) is 26.2 Å². The number of nitrogens with one attached hydrogen (secondary N) is 1. The Bertz CT molecular complexity index is 994.